The first-order valence-corrected chi connectivity index (χ1v) is 9.45. The number of hydrogen-bond acceptors (Lipinski definition) is 5. The molecule has 0 saturated carbocycles. The van der Waals surface area contributed by atoms with Crippen LogP contribution in [-0.2, 0) is 11.3 Å². The molecule has 1 fully saturated rings. The molecule has 0 radical (unpaired) electrons. The van der Waals surface area contributed by atoms with E-state index >= 15 is 0 Å². The Balaban J connectivity index is 1.66. The molecule has 0 aliphatic carbocycles. The standard InChI is InChI=1S/C22H27NO5/c1-15-4-7-17(22(24)25)14-23(15)13-16-5-8-18(9-6-16)28-21-11-19(26-2)10-20(12-21)27-3/h5-6,8-12,15,17H,4,7,13-14H2,1-3H3,(H,24,25). The van der Waals surface area contributed by atoms with Gasteiger partial charge in [0.15, 0.2) is 0 Å². The molecule has 1 saturated heterocycles. The van der Waals surface area contributed by atoms with E-state index in [0.29, 0.717) is 35.6 Å². The van der Waals surface area contributed by atoms with Gasteiger partial charge in [0.25, 0.3) is 0 Å². The fraction of sp³-hybridized carbons (Fsp3) is 0.409. The van der Waals surface area contributed by atoms with Crippen LogP contribution in [0.1, 0.15) is 25.3 Å². The molecule has 28 heavy (non-hydrogen) atoms. The Kier molecular flexibility index (Phi) is 6.41. The fourth-order valence-electron chi connectivity index (χ4n) is 3.47. The topological polar surface area (TPSA) is 68.2 Å². The first kappa shape index (κ1) is 20.0. The van der Waals surface area contributed by atoms with Crippen molar-refractivity contribution in [3.05, 3.63) is 48.0 Å². The summed E-state index contributed by atoms with van der Waals surface area (Å²) in [6.07, 6.45) is 1.67. The van der Waals surface area contributed by atoms with Crippen LogP contribution in [0.15, 0.2) is 42.5 Å². The average Bonchev–Trinajstić information content (AvgIpc) is 2.70. The maximum atomic E-state index is 11.3. The van der Waals surface area contributed by atoms with Gasteiger partial charge in [-0.25, -0.2) is 0 Å². The second-order valence-corrected chi connectivity index (χ2v) is 7.19. The molecule has 2 unspecified atom stereocenters. The van der Waals surface area contributed by atoms with Crippen LogP contribution in [0.3, 0.4) is 0 Å². The van der Waals surface area contributed by atoms with E-state index in [0.717, 1.165) is 24.9 Å². The summed E-state index contributed by atoms with van der Waals surface area (Å²) in [4.78, 5) is 13.5. The lowest BCUT2D eigenvalue weighted by Crippen LogP contribution is -2.43. The van der Waals surface area contributed by atoms with Crippen LogP contribution in [0.4, 0.5) is 0 Å². The van der Waals surface area contributed by atoms with Crippen LogP contribution in [-0.4, -0.2) is 42.8 Å². The van der Waals surface area contributed by atoms with Gasteiger partial charge < -0.3 is 19.3 Å². The number of piperidine rings is 1. The molecule has 6 heteroatoms. The minimum Gasteiger partial charge on any atom is -0.496 e. The van der Waals surface area contributed by atoms with Crippen molar-refractivity contribution in [1.29, 1.82) is 0 Å². The molecule has 0 spiro atoms. The predicted molar refractivity (Wildman–Crippen MR) is 106 cm³/mol. The summed E-state index contributed by atoms with van der Waals surface area (Å²) in [7, 11) is 3.20. The third-order valence-electron chi connectivity index (χ3n) is 5.23. The molecule has 1 aliphatic rings. The maximum Gasteiger partial charge on any atom is 0.307 e. The van der Waals surface area contributed by atoms with Crippen molar-refractivity contribution in [1.82, 2.24) is 4.90 Å². The number of ether oxygens (including phenoxy) is 3. The molecule has 2 aromatic carbocycles. The van der Waals surface area contributed by atoms with Gasteiger partial charge in [-0.3, -0.25) is 9.69 Å². The van der Waals surface area contributed by atoms with Gasteiger partial charge in [-0.1, -0.05) is 12.1 Å². The van der Waals surface area contributed by atoms with E-state index < -0.39 is 5.97 Å². The van der Waals surface area contributed by atoms with Gasteiger partial charge in [-0.05, 0) is 37.5 Å². The monoisotopic (exact) mass is 385 g/mol. The van der Waals surface area contributed by atoms with Crippen LogP contribution in [0, 0.1) is 5.92 Å². The van der Waals surface area contributed by atoms with Crippen molar-refractivity contribution >= 4 is 5.97 Å². The highest BCUT2D eigenvalue weighted by Crippen LogP contribution is 2.31. The minimum absolute atomic E-state index is 0.276. The summed E-state index contributed by atoms with van der Waals surface area (Å²) in [6, 6.07) is 13.7. The molecule has 0 bridgehead atoms. The molecule has 3 rings (SSSR count). The molecule has 6 nitrogen and oxygen atoms in total. The zero-order valence-corrected chi connectivity index (χ0v) is 16.6. The number of rotatable bonds is 7. The summed E-state index contributed by atoms with van der Waals surface area (Å²) in [5.74, 6) is 1.71. The van der Waals surface area contributed by atoms with Crippen molar-refractivity contribution in [2.24, 2.45) is 5.92 Å². The van der Waals surface area contributed by atoms with E-state index in [-0.39, 0.29) is 5.92 Å². The zero-order chi connectivity index (χ0) is 20.1. The highest BCUT2D eigenvalue weighted by molar-refractivity contribution is 5.70. The molecule has 0 amide bonds. The Labute approximate surface area is 165 Å². The second kappa shape index (κ2) is 8.97. The number of nitrogens with zero attached hydrogens (tertiary/aromatic N) is 1. The first-order chi connectivity index (χ1) is 13.5. The number of carboxylic acid groups (broad SMARTS) is 1. The lowest BCUT2D eigenvalue weighted by molar-refractivity contribution is -0.144. The van der Waals surface area contributed by atoms with E-state index in [4.69, 9.17) is 14.2 Å². The molecule has 1 aliphatic heterocycles. The van der Waals surface area contributed by atoms with Crippen LogP contribution < -0.4 is 14.2 Å². The van der Waals surface area contributed by atoms with E-state index in [1.165, 1.54) is 0 Å². The third-order valence-corrected chi connectivity index (χ3v) is 5.23. The Bertz CT molecular complexity index is 783. The molecule has 150 valence electrons. The Morgan fingerprint density at radius 3 is 2.18 bits per heavy atom. The Hall–Kier alpha value is -2.73. The largest absolute Gasteiger partial charge is 0.496 e. The van der Waals surface area contributed by atoms with Crippen LogP contribution in [0.25, 0.3) is 0 Å². The molecule has 0 aromatic heterocycles. The van der Waals surface area contributed by atoms with Gasteiger partial charge in [0.1, 0.15) is 23.0 Å². The smallest absolute Gasteiger partial charge is 0.307 e. The summed E-state index contributed by atoms with van der Waals surface area (Å²) in [5.41, 5.74) is 1.13. The lowest BCUT2D eigenvalue weighted by atomic mass is 9.93. The highest BCUT2D eigenvalue weighted by atomic mass is 16.5. The number of likely N-dealkylation sites (tertiary alicyclic amines) is 1. The van der Waals surface area contributed by atoms with Gasteiger partial charge in [0, 0.05) is 37.3 Å². The molecule has 1 N–H and O–H groups in total. The summed E-state index contributed by atoms with van der Waals surface area (Å²) in [5, 5.41) is 9.30. The summed E-state index contributed by atoms with van der Waals surface area (Å²) < 4.78 is 16.5. The van der Waals surface area contributed by atoms with E-state index in [9.17, 15) is 9.90 Å². The van der Waals surface area contributed by atoms with Crippen molar-refractivity contribution in [3.63, 3.8) is 0 Å². The number of methoxy groups -OCH3 is 2. The molecular formula is C22H27NO5. The van der Waals surface area contributed by atoms with Gasteiger partial charge >= 0.3 is 5.97 Å². The Morgan fingerprint density at radius 1 is 1.00 bits per heavy atom. The van der Waals surface area contributed by atoms with Gasteiger partial charge in [-0.2, -0.15) is 0 Å². The van der Waals surface area contributed by atoms with E-state index in [1.807, 2.05) is 24.3 Å². The molecule has 1 heterocycles. The number of hydrogen-bond donors (Lipinski definition) is 1. The van der Waals surface area contributed by atoms with Crippen molar-refractivity contribution in [2.45, 2.75) is 32.4 Å². The molecule has 2 atom stereocenters. The maximum absolute atomic E-state index is 11.3. The van der Waals surface area contributed by atoms with Crippen molar-refractivity contribution < 1.29 is 24.1 Å². The van der Waals surface area contributed by atoms with Crippen molar-refractivity contribution in [2.75, 3.05) is 20.8 Å². The number of aliphatic carboxylic acids is 1. The fourth-order valence-corrected chi connectivity index (χ4v) is 3.47. The van der Waals surface area contributed by atoms with Crippen LogP contribution >= 0.6 is 0 Å². The molecular weight excluding hydrogens is 358 g/mol. The third kappa shape index (κ3) is 4.95. The van der Waals surface area contributed by atoms with Crippen molar-refractivity contribution in [3.8, 4) is 23.0 Å². The van der Waals surface area contributed by atoms with Gasteiger partial charge in [-0.15, -0.1) is 0 Å². The number of benzene rings is 2. The summed E-state index contributed by atoms with van der Waals surface area (Å²) in [6.45, 7) is 3.49. The minimum atomic E-state index is -0.700. The average molecular weight is 385 g/mol. The zero-order valence-electron chi connectivity index (χ0n) is 16.6. The van der Waals surface area contributed by atoms with Gasteiger partial charge in [0.2, 0.25) is 0 Å². The highest BCUT2D eigenvalue weighted by Gasteiger charge is 2.29. The SMILES string of the molecule is COc1cc(OC)cc(Oc2ccc(CN3CC(C(=O)O)CCC3C)cc2)c1. The van der Waals surface area contributed by atoms with Gasteiger partial charge in [0.05, 0.1) is 20.1 Å². The first-order valence-electron chi connectivity index (χ1n) is 9.45. The molecule has 2 aromatic rings. The van der Waals surface area contributed by atoms with Crippen LogP contribution in [0.5, 0.6) is 23.0 Å². The predicted octanol–water partition coefficient (Wildman–Crippen LogP) is 4.18. The summed E-state index contributed by atoms with van der Waals surface area (Å²) >= 11 is 0. The number of carboxylic acids is 1. The Morgan fingerprint density at radius 2 is 1.61 bits per heavy atom. The van der Waals surface area contributed by atoms with E-state index in [2.05, 4.69) is 11.8 Å². The second-order valence-electron chi connectivity index (χ2n) is 7.19. The lowest BCUT2D eigenvalue weighted by Gasteiger charge is -2.36. The van der Waals surface area contributed by atoms with Crippen LogP contribution in [0.2, 0.25) is 0 Å². The van der Waals surface area contributed by atoms with E-state index in [1.54, 1.807) is 32.4 Å². The normalized spacial score (nSPS) is 19.8. The number of carbonyl (C=O) groups is 1. The quantitative estimate of drug-likeness (QED) is 0.771.